The summed E-state index contributed by atoms with van der Waals surface area (Å²) < 4.78 is 3.66. The first kappa shape index (κ1) is 26.7. The minimum absolute atomic E-state index is 0.0547. The van der Waals surface area contributed by atoms with Gasteiger partial charge in [0, 0.05) is 31.4 Å². The maximum Gasteiger partial charge on any atom is 0.329 e. The minimum atomic E-state index is -0.155. The van der Waals surface area contributed by atoms with E-state index in [-0.39, 0.29) is 23.5 Å². The van der Waals surface area contributed by atoms with Crippen LogP contribution < -0.4 is 16.3 Å². The fourth-order valence-electron chi connectivity index (χ4n) is 5.49. The van der Waals surface area contributed by atoms with E-state index in [0.29, 0.717) is 40.9 Å². The highest BCUT2D eigenvalue weighted by atomic mass is 35.5. The van der Waals surface area contributed by atoms with E-state index in [1.807, 2.05) is 47.0 Å². The van der Waals surface area contributed by atoms with Crippen LogP contribution in [0, 0.1) is 12.8 Å². The number of para-hydroxylation sites is 2. The van der Waals surface area contributed by atoms with Gasteiger partial charge in [0.05, 0.1) is 33.9 Å². The van der Waals surface area contributed by atoms with Gasteiger partial charge in [-0.05, 0) is 74.4 Å². The summed E-state index contributed by atoms with van der Waals surface area (Å²) in [6.45, 7) is 2.81. The maximum atomic E-state index is 13.6. The molecule has 0 radical (unpaired) electrons. The second kappa shape index (κ2) is 11.5. The van der Waals surface area contributed by atoms with Crippen molar-refractivity contribution in [3.05, 3.63) is 98.7 Å². The van der Waals surface area contributed by atoms with Crippen LogP contribution in [0.5, 0.6) is 0 Å². The van der Waals surface area contributed by atoms with E-state index >= 15 is 0 Å². The second-order valence-electron chi connectivity index (χ2n) is 10.2. The van der Waals surface area contributed by atoms with Gasteiger partial charge in [0.15, 0.2) is 0 Å². The summed E-state index contributed by atoms with van der Waals surface area (Å²) in [5, 5.41) is 6.23. The molecule has 0 spiro atoms. The lowest BCUT2D eigenvalue weighted by atomic mass is 9.85. The number of benzene rings is 2. The predicted molar refractivity (Wildman–Crippen MR) is 152 cm³/mol. The molecule has 2 heterocycles. The third-order valence-corrected chi connectivity index (χ3v) is 7.81. The van der Waals surface area contributed by atoms with Crippen molar-refractivity contribution in [3.8, 4) is 0 Å². The van der Waals surface area contributed by atoms with Gasteiger partial charge in [0.1, 0.15) is 0 Å². The Morgan fingerprint density at radius 2 is 1.69 bits per heavy atom. The number of rotatable bonds is 7. The number of hydrogen-bond donors (Lipinski definition) is 2. The fraction of sp³-hybridized carbons (Fsp3) is 0.333. The quantitative estimate of drug-likeness (QED) is 0.356. The molecular formula is C30H32ClN5O3. The van der Waals surface area contributed by atoms with E-state index < -0.39 is 0 Å². The molecule has 1 aliphatic rings. The van der Waals surface area contributed by atoms with E-state index in [0.717, 1.165) is 42.3 Å². The zero-order chi connectivity index (χ0) is 27.5. The third-order valence-electron chi connectivity index (χ3n) is 7.60. The van der Waals surface area contributed by atoms with Gasteiger partial charge >= 0.3 is 5.69 Å². The van der Waals surface area contributed by atoms with Crippen LogP contribution in [0.1, 0.15) is 57.7 Å². The van der Waals surface area contributed by atoms with Gasteiger partial charge in [-0.1, -0.05) is 35.9 Å². The van der Waals surface area contributed by atoms with Crippen LogP contribution in [0.15, 0.2) is 65.6 Å². The lowest BCUT2D eigenvalue weighted by molar-refractivity contribution is 0.0918. The van der Waals surface area contributed by atoms with E-state index in [1.165, 1.54) is 0 Å². The number of pyridine rings is 1. The topological polar surface area (TPSA) is 98.0 Å². The van der Waals surface area contributed by atoms with Crippen molar-refractivity contribution in [1.82, 2.24) is 24.8 Å². The molecule has 2 aromatic heterocycles. The van der Waals surface area contributed by atoms with E-state index in [9.17, 15) is 14.4 Å². The van der Waals surface area contributed by atoms with Gasteiger partial charge in [-0.3, -0.25) is 23.7 Å². The van der Waals surface area contributed by atoms with Gasteiger partial charge in [0.25, 0.3) is 11.8 Å². The summed E-state index contributed by atoms with van der Waals surface area (Å²) in [7, 11) is 1.60. The summed E-state index contributed by atoms with van der Waals surface area (Å²) in [4.78, 5) is 42.7. The standard InChI is InChI=1S/C30H32ClN5O3/c1-19-25(15-23(31)16-33-19)29(38)34-24-12-10-20(11-13-24)17-35-26-8-3-4-9-27(26)36(30(35)39)18-21-6-5-7-22(14-21)28(37)32-2/h3-9,14-16,20,24H,10-13,17-18H2,1-2H3,(H,32,37)(H,34,38). The van der Waals surface area contributed by atoms with E-state index in [2.05, 4.69) is 15.6 Å². The van der Waals surface area contributed by atoms with Gasteiger partial charge in [0.2, 0.25) is 0 Å². The van der Waals surface area contributed by atoms with Crippen LogP contribution in [0.2, 0.25) is 5.02 Å². The van der Waals surface area contributed by atoms with E-state index in [4.69, 9.17) is 11.6 Å². The van der Waals surface area contributed by atoms with Crippen LogP contribution in [-0.2, 0) is 13.1 Å². The molecule has 0 bridgehead atoms. The molecule has 8 nitrogen and oxygen atoms in total. The van der Waals surface area contributed by atoms with E-state index in [1.54, 1.807) is 36.9 Å². The zero-order valence-corrected chi connectivity index (χ0v) is 22.9. The number of nitrogens with zero attached hydrogens (tertiary/aromatic N) is 3. The Kier molecular flexibility index (Phi) is 7.84. The normalized spacial score (nSPS) is 17.2. The average Bonchev–Trinajstić information content (AvgIpc) is 3.21. The monoisotopic (exact) mass is 545 g/mol. The number of hydrogen-bond acceptors (Lipinski definition) is 4. The van der Waals surface area contributed by atoms with Crippen LogP contribution in [0.25, 0.3) is 11.0 Å². The molecule has 0 atom stereocenters. The Hall–Kier alpha value is -3.91. The first-order valence-corrected chi connectivity index (χ1v) is 13.6. The number of carbonyl (C=O) groups excluding carboxylic acids is 2. The smallest absolute Gasteiger partial charge is 0.329 e. The van der Waals surface area contributed by atoms with Crippen molar-refractivity contribution in [3.63, 3.8) is 0 Å². The molecule has 5 rings (SSSR count). The van der Waals surface area contributed by atoms with Gasteiger partial charge in [-0.25, -0.2) is 4.79 Å². The summed E-state index contributed by atoms with van der Waals surface area (Å²) in [5.74, 6) is 0.0322. The highest BCUT2D eigenvalue weighted by Gasteiger charge is 2.25. The molecule has 0 unspecified atom stereocenters. The summed E-state index contributed by atoms with van der Waals surface area (Å²) >= 11 is 6.04. The van der Waals surface area contributed by atoms with Crippen molar-refractivity contribution in [2.24, 2.45) is 5.92 Å². The molecule has 9 heteroatoms. The Balaban J connectivity index is 1.29. The highest BCUT2D eigenvalue weighted by Crippen LogP contribution is 2.27. The number of halogens is 1. The van der Waals surface area contributed by atoms with Gasteiger partial charge < -0.3 is 10.6 Å². The van der Waals surface area contributed by atoms with Crippen molar-refractivity contribution < 1.29 is 9.59 Å². The van der Waals surface area contributed by atoms with Crippen molar-refractivity contribution in [2.45, 2.75) is 51.7 Å². The number of aryl methyl sites for hydroxylation is 1. The van der Waals surface area contributed by atoms with Crippen molar-refractivity contribution in [2.75, 3.05) is 7.05 Å². The molecule has 2 N–H and O–H groups in total. The molecule has 2 aromatic carbocycles. The van der Waals surface area contributed by atoms with Crippen LogP contribution >= 0.6 is 11.6 Å². The lowest BCUT2D eigenvalue weighted by Gasteiger charge is -2.29. The Labute approximate surface area is 232 Å². The number of aromatic nitrogens is 3. The third kappa shape index (κ3) is 5.76. The molecule has 4 aromatic rings. The number of nitrogens with one attached hydrogen (secondary N) is 2. The molecule has 1 fully saturated rings. The molecular weight excluding hydrogens is 514 g/mol. The zero-order valence-electron chi connectivity index (χ0n) is 22.1. The largest absolute Gasteiger partial charge is 0.355 e. The van der Waals surface area contributed by atoms with Gasteiger partial charge in [-0.15, -0.1) is 0 Å². The Morgan fingerprint density at radius 3 is 2.41 bits per heavy atom. The first-order valence-electron chi connectivity index (χ1n) is 13.3. The minimum Gasteiger partial charge on any atom is -0.355 e. The molecule has 202 valence electrons. The Morgan fingerprint density at radius 1 is 0.974 bits per heavy atom. The van der Waals surface area contributed by atoms with Gasteiger partial charge in [-0.2, -0.15) is 0 Å². The number of carbonyl (C=O) groups is 2. The number of amides is 2. The predicted octanol–water partition coefficient (Wildman–Crippen LogP) is 4.56. The highest BCUT2D eigenvalue weighted by molar-refractivity contribution is 6.30. The molecule has 2 amide bonds. The Bertz CT molecular complexity index is 1580. The first-order chi connectivity index (χ1) is 18.8. The summed E-state index contributed by atoms with van der Waals surface area (Å²) in [5.41, 5.74) is 4.34. The molecule has 0 aliphatic heterocycles. The lowest BCUT2D eigenvalue weighted by Crippen LogP contribution is -2.39. The number of fused-ring (bicyclic) bond motifs is 1. The molecule has 1 saturated carbocycles. The number of imidazole rings is 1. The van der Waals surface area contributed by atoms with Crippen molar-refractivity contribution >= 4 is 34.4 Å². The maximum absolute atomic E-state index is 13.6. The summed E-state index contributed by atoms with van der Waals surface area (Å²) in [6.07, 6.45) is 5.07. The van der Waals surface area contributed by atoms with Crippen LogP contribution in [0.4, 0.5) is 0 Å². The van der Waals surface area contributed by atoms with Crippen LogP contribution in [0.3, 0.4) is 0 Å². The van der Waals surface area contributed by atoms with Crippen molar-refractivity contribution in [1.29, 1.82) is 0 Å². The average molecular weight is 546 g/mol. The van der Waals surface area contributed by atoms with Crippen LogP contribution in [-0.4, -0.2) is 39.0 Å². The second-order valence-corrected chi connectivity index (χ2v) is 10.7. The molecule has 1 aliphatic carbocycles. The molecule has 39 heavy (non-hydrogen) atoms. The molecule has 0 saturated heterocycles. The summed E-state index contributed by atoms with van der Waals surface area (Å²) in [6, 6.07) is 16.9. The SMILES string of the molecule is CNC(=O)c1cccc(Cn2c(=O)n(CC3CCC(NC(=O)c4cc(Cl)cnc4C)CC3)c3ccccc32)c1. The fourth-order valence-corrected chi connectivity index (χ4v) is 5.65.